The molecule has 0 aliphatic heterocycles. The fourth-order valence-electron chi connectivity index (χ4n) is 5.84. The molecule has 0 spiro atoms. The molecule has 0 radical (unpaired) electrons. The van der Waals surface area contributed by atoms with Gasteiger partial charge in [-0.2, -0.15) is 0 Å². The van der Waals surface area contributed by atoms with Gasteiger partial charge in [0.2, 0.25) is 0 Å². The second-order valence-electron chi connectivity index (χ2n) is 8.75. The minimum Gasteiger partial charge on any atom is -0.452 e. The summed E-state index contributed by atoms with van der Waals surface area (Å²) in [4.78, 5) is 27.2. The average Bonchev–Trinajstić information content (AvgIpc) is 2.59. The average molecular weight is 357 g/mol. The number of aliphatic hydroxyl groups is 1. The molecule has 4 aliphatic carbocycles. The first kappa shape index (κ1) is 17.5. The third-order valence-corrected chi connectivity index (χ3v) is 6.57. The van der Waals surface area contributed by atoms with Crippen molar-refractivity contribution in [3.8, 4) is 0 Å². The number of esters is 1. The van der Waals surface area contributed by atoms with Gasteiger partial charge in [-0.15, -0.1) is 0 Å². The lowest BCUT2D eigenvalue weighted by Gasteiger charge is -2.58. The van der Waals surface area contributed by atoms with E-state index in [1.54, 1.807) is 14.0 Å². The van der Waals surface area contributed by atoms with Gasteiger partial charge < -0.3 is 14.7 Å². The molecule has 26 heavy (non-hydrogen) atoms. The summed E-state index contributed by atoms with van der Waals surface area (Å²) < 4.78 is 5.64. The van der Waals surface area contributed by atoms with Crippen LogP contribution in [-0.2, 0) is 14.3 Å². The fourth-order valence-corrected chi connectivity index (χ4v) is 5.84. The maximum Gasteiger partial charge on any atom is 0.312 e. The van der Waals surface area contributed by atoms with Crippen molar-refractivity contribution in [3.63, 3.8) is 0 Å². The van der Waals surface area contributed by atoms with Crippen LogP contribution in [0, 0.1) is 17.3 Å². The lowest BCUT2D eigenvalue weighted by atomic mass is 9.48. The second kappa shape index (κ2) is 6.08. The van der Waals surface area contributed by atoms with Crippen LogP contribution in [0.3, 0.4) is 0 Å². The van der Waals surface area contributed by atoms with Crippen LogP contribution in [0.2, 0.25) is 0 Å². The quantitative estimate of drug-likeness (QED) is 0.842. The summed E-state index contributed by atoms with van der Waals surface area (Å²) in [6.45, 7) is 1.63. The first-order valence-corrected chi connectivity index (χ1v) is 9.56. The lowest BCUT2D eigenvalue weighted by Crippen LogP contribution is -2.59. The SMILES string of the molecule is C[C@H](OC(=O)C12C[C@H]3C[C@@H](CC(O)(C3)C1)C2)C(=O)N(C)c1ccccc1. The summed E-state index contributed by atoms with van der Waals surface area (Å²) in [6, 6.07) is 9.32. The normalized spacial score (nSPS) is 35.8. The summed E-state index contributed by atoms with van der Waals surface area (Å²) >= 11 is 0. The summed E-state index contributed by atoms with van der Waals surface area (Å²) in [5.41, 5.74) is -0.542. The molecule has 0 aromatic heterocycles. The standard InChI is InChI=1S/C21H27NO4/c1-14(18(23)22(2)17-6-4-3-5-7-17)26-19(24)20-9-15-8-16(10-20)12-21(25,11-15)13-20/h3-7,14-16,25H,8-13H2,1-2H3/t14-,15+,16+,20?,21?/m0/s1. The van der Waals surface area contributed by atoms with Crippen molar-refractivity contribution in [1.82, 2.24) is 0 Å². The van der Waals surface area contributed by atoms with Crippen molar-refractivity contribution in [2.24, 2.45) is 17.3 Å². The van der Waals surface area contributed by atoms with Crippen LogP contribution in [0.5, 0.6) is 0 Å². The molecular formula is C21H27NO4. The first-order chi connectivity index (χ1) is 12.3. The van der Waals surface area contributed by atoms with Gasteiger partial charge in [0.1, 0.15) is 0 Å². The summed E-state index contributed by atoms with van der Waals surface area (Å²) in [6.07, 6.45) is 3.97. The van der Waals surface area contributed by atoms with E-state index in [-0.39, 0.29) is 11.9 Å². The van der Waals surface area contributed by atoms with Crippen molar-refractivity contribution in [1.29, 1.82) is 0 Å². The van der Waals surface area contributed by atoms with Crippen LogP contribution in [0.15, 0.2) is 30.3 Å². The Morgan fingerprint density at radius 1 is 1.15 bits per heavy atom. The molecule has 5 nitrogen and oxygen atoms in total. The Morgan fingerprint density at radius 3 is 2.35 bits per heavy atom. The van der Waals surface area contributed by atoms with E-state index in [0.717, 1.165) is 37.8 Å². The van der Waals surface area contributed by atoms with Crippen molar-refractivity contribution in [3.05, 3.63) is 30.3 Å². The Bertz CT molecular complexity index is 702. The number of rotatable bonds is 4. The Balaban J connectivity index is 1.45. The molecule has 3 atom stereocenters. The zero-order valence-corrected chi connectivity index (χ0v) is 15.5. The molecule has 4 aliphatic rings. The van der Waals surface area contributed by atoms with Gasteiger partial charge in [0.05, 0.1) is 11.0 Å². The highest BCUT2D eigenvalue weighted by molar-refractivity contribution is 5.97. The third kappa shape index (κ3) is 2.92. The number of para-hydroxylation sites is 1. The molecule has 0 unspecified atom stereocenters. The highest BCUT2D eigenvalue weighted by Gasteiger charge is 2.61. The topological polar surface area (TPSA) is 66.8 Å². The molecular weight excluding hydrogens is 330 g/mol. The van der Waals surface area contributed by atoms with E-state index < -0.39 is 17.1 Å². The zero-order chi connectivity index (χ0) is 18.5. The van der Waals surface area contributed by atoms with Gasteiger partial charge in [0, 0.05) is 12.7 Å². The van der Waals surface area contributed by atoms with Gasteiger partial charge in [-0.25, -0.2) is 0 Å². The molecule has 5 heteroatoms. The fraction of sp³-hybridized carbons (Fsp3) is 0.619. The summed E-state index contributed by atoms with van der Waals surface area (Å²) in [5, 5.41) is 10.8. The number of hydrogen-bond donors (Lipinski definition) is 1. The number of anilines is 1. The van der Waals surface area contributed by atoms with Crippen LogP contribution < -0.4 is 4.90 Å². The Morgan fingerprint density at radius 2 is 1.77 bits per heavy atom. The highest BCUT2D eigenvalue weighted by atomic mass is 16.5. The van der Waals surface area contributed by atoms with Crippen LogP contribution >= 0.6 is 0 Å². The van der Waals surface area contributed by atoms with Gasteiger partial charge in [-0.1, -0.05) is 18.2 Å². The number of amides is 1. The van der Waals surface area contributed by atoms with Crippen molar-refractivity contribution >= 4 is 17.6 Å². The van der Waals surface area contributed by atoms with Crippen LogP contribution in [0.4, 0.5) is 5.69 Å². The second-order valence-corrected chi connectivity index (χ2v) is 8.75. The molecule has 4 fully saturated rings. The molecule has 5 rings (SSSR count). The van der Waals surface area contributed by atoms with Gasteiger partial charge in [-0.3, -0.25) is 9.59 Å². The Kier molecular flexibility index (Phi) is 4.10. The number of hydrogen-bond acceptors (Lipinski definition) is 4. The predicted molar refractivity (Wildman–Crippen MR) is 97.5 cm³/mol. The smallest absolute Gasteiger partial charge is 0.312 e. The number of ether oxygens (including phenoxy) is 1. The van der Waals surface area contributed by atoms with Gasteiger partial charge in [-0.05, 0) is 69.4 Å². The monoisotopic (exact) mass is 357 g/mol. The van der Waals surface area contributed by atoms with Gasteiger partial charge in [0.25, 0.3) is 5.91 Å². The van der Waals surface area contributed by atoms with E-state index in [2.05, 4.69) is 0 Å². The Hall–Kier alpha value is -1.88. The number of nitrogens with zero attached hydrogens (tertiary/aromatic N) is 1. The summed E-state index contributed by atoms with van der Waals surface area (Å²) in [7, 11) is 1.69. The number of likely N-dealkylation sites (N-methyl/N-ethyl adjacent to an activating group) is 1. The van der Waals surface area contributed by atoms with Gasteiger partial charge >= 0.3 is 5.97 Å². The van der Waals surface area contributed by atoms with Crippen LogP contribution in [-0.4, -0.2) is 35.7 Å². The van der Waals surface area contributed by atoms with Crippen LogP contribution in [0.1, 0.15) is 45.4 Å². The molecule has 0 heterocycles. The minimum absolute atomic E-state index is 0.243. The molecule has 1 aromatic carbocycles. The largest absolute Gasteiger partial charge is 0.452 e. The number of carbonyl (C=O) groups excluding carboxylic acids is 2. The molecule has 4 saturated carbocycles. The van der Waals surface area contributed by atoms with Crippen molar-refractivity contribution in [2.75, 3.05) is 11.9 Å². The third-order valence-electron chi connectivity index (χ3n) is 6.57. The molecule has 1 aromatic rings. The lowest BCUT2D eigenvalue weighted by molar-refractivity contribution is -0.199. The molecule has 1 N–H and O–H groups in total. The molecule has 4 bridgehead atoms. The zero-order valence-electron chi connectivity index (χ0n) is 15.5. The molecule has 140 valence electrons. The predicted octanol–water partition coefficient (Wildman–Crippen LogP) is 2.91. The molecule has 1 amide bonds. The number of benzene rings is 1. The van der Waals surface area contributed by atoms with E-state index in [9.17, 15) is 14.7 Å². The maximum absolute atomic E-state index is 13.0. The maximum atomic E-state index is 13.0. The van der Waals surface area contributed by atoms with E-state index in [1.807, 2.05) is 30.3 Å². The van der Waals surface area contributed by atoms with Crippen molar-refractivity contribution in [2.45, 2.75) is 57.2 Å². The van der Waals surface area contributed by atoms with E-state index in [1.165, 1.54) is 4.90 Å². The van der Waals surface area contributed by atoms with E-state index in [0.29, 0.717) is 18.3 Å². The molecule has 0 saturated heterocycles. The number of carbonyl (C=O) groups is 2. The Labute approximate surface area is 154 Å². The minimum atomic E-state index is -0.838. The van der Waals surface area contributed by atoms with Crippen molar-refractivity contribution < 1.29 is 19.4 Å². The summed E-state index contributed by atoms with van der Waals surface area (Å²) in [5.74, 6) is 0.277. The van der Waals surface area contributed by atoms with Crippen LogP contribution in [0.25, 0.3) is 0 Å². The van der Waals surface area contributed by atoms with Gasteiger partial charge in [0.15, 0.2) is 6.10 Å². The highest BCUT2D eigenvalue weighted by Crippen LogP contribution is 2.62. The first-order valence-electron chi connectivity index (χ1n) is 9.56. The van der Waals surface area contributed by atoms with E-state index in [4.69, 9.17) is 4.74 Å². The van der Waals surface area contributed by atoms with E-state index >= 15 is 0 Å².